The average molecular weight is 333 g/mol. The van der Waals surface area contributed by atoms with Crippen molar-refractivity contribution in [1.29, 1.82) is 0 Å². The first kappa shape index (κ1) is 16.8. The maximum absolute atomic E-state index is 13.0. The predicted molar refractivity (Wildman–Crippen MR) is 79.7 cm³/mol. The van der Waals surface area contributed by atoms with Crippen molar-refractivity contribution in [3.05, 3.63) is 17.7 Å². The Bertz CT molecular complexity index is 601. The molecular formula is C14H20FNO5S. The fourth-order valence-corrected chi connectivity index (χ4v) is 3.44. The fraction of sp³-hybridized carbons (Fsp3) is 0.571. The third-order valence-corrected chi connectivity index (χ3v) is 4.91. The first-order chi connectivity index (χ1) is 10.4. The molecule has 0 aliphatic carbocycles. The molecule has 0 N–H and O–H groups in total. The molecule has 0 saturated carbocycles. The number of benzene rings is 1. The van der Waals surface area contributed by atoms with Gasteiger partial charge >= 0.3 is 10.4 Å². The summed E-state index contributed by atoms with van der Waals surface area (Å²) in [7, 11) is 0.0402. The van der Waals surface area contributed by atoms with Gasteiger partial charge in [-0.3, -0.25) is 0 Å². The molecule has 1 aliphatic heterocycles. The maximum atomic E-state index is 13.0. The highest BCUT2D eigenvalue weighted by molar-refractivity contribution is 7.83. The molecule has 22 heavy (non-hydrogen) atoms. The summed E-state index contributed by atoms with van der Waals surface area (Å²) in [6, 6.07) is 3.52. The molecule has 0 amide bonds. The Hall–Kier alpha value is -1.54. The van der Waals surface area contributed by atoms with E-state index in [1.54, 1.807) is 33.5 Å². The average Bonchev–Trinajstić information content (AvgIpc) is 2.52. The fourth-order valence-electron chi connectivity index (χ4n) is 2.80. The van der Waals surface area contributed by atoms with Crippen molar-refractivity contribution in [2.24, 2.45) is 0 Å². The van der Waals surface area contributed by atoms with Crippen molar-refractivity contribution < 1.29 is 26.5 Å². The van der Waals surface area contributed by atoms with Crippen molar-refractivity contribution >= 4 is 10.4 Å². The van der Waals surface area contributed by atoms with E-state index in [9.17, 15) is 12.3 Å². The van der Waals surface area contributed by atoms with Gasteiger partial charge in [0.25, 0.3) is 0 Å². The van der Waals surface area contributed by atoms with E-state index >= 15 is 0 Å². The largest absolute Gasteiger partial charge is 0.496 e. The maximum Gasteiger partial charge on any atom is 0.374 e. The van der Waals surface area contributed by atoms with E-state index < -0.39 is 10.4 Å². The Labute approximate surface area is 130 Å². The van der Waals surface area contributed by atoms with Gasteiger partial charge < -0.3 is 14.2 Å². The highest BCUT2D eigenvalue weighted by atomic mass is 32.3. The molecule has 0 spiro atoms. The summed E-state index contributed by atoms with van der Waals surface area (Å²) >= 11 is 0. The van der Waals surface area contributed by atoms with E-state index in [1.807, 2.05) is 0 Å². The quantitative estimate of drug-likeness (QED) is 0.772. The molecule has 8 heteroatoms. The molecule has 0 aromatic heterocycles. The predicted octanol–water partition coefficient (Wildman–Crippen LogP) is 2.11. The van der Waals surface area contributed by atoms with Crippen molar-refractivity contribution in [2.75, 3.05) is 34.4 Å². The van der Waals surface area contributed by atoms with Gasteiger partial charge in [0.2, 0.25) is 0 Å². The van der Waals surface area contributed by atoms with Crippen LogP contribution in [0.25, 0.3) is 0 Å². The molecule has 6 nitrogen and oxygen atoms in total. The molecule has 1 saturated heterocycles. The Morgan fingerprint density at radius 2 is 1.55 bits per heavy atom. The van der Waals surface area contributed by atoms with Crippen LogP contribution < -0.4 is 14.2 Å². The van der Waals surface area contributed by atoms with Crippen LogP contribution in [-0.4, -0.2) is 47.1 Å². The van der Waals surface area contributed by atoms with Gasteiger partial charge in [-0.1, -0.05) is 3.89 Å². The molecular weight excluding hydrogens is 313 g/mol. The Balaban J connectivity index is 2.29. The van der Waals surface area contributed by atoms with Gasteiger partial charge in [-0.2, -0.15) is 12.7 Å². The molecule has 0 atom stereocenters. The first-order valence-electron chi connectivity index (χ1n) is 6.90. The highest BCUT2D eigenvalue weighted by Crippen LogP contribution is 2.43. The number of halogens is 1. The summed E-state index contributed by atoms with van der Waals surface area (Å²) in [6.07, 6.45) is 1.00. The number of ether oxygens (including phenoxy) is 3. The van der Waals surface area contributed by atoms with Crippen molar-refractivity contribution in [2.45, 2.75) is 18.8 Å². The van der Waals surface area contributed by atoms with Gasteiger partial charge in [-0.05, 0) is 18.8 Å². The van der Waals surface area contributed by atoms with Gasteiger partial charge in [0.05, 0.1) is 21.3 Å². The zero-order valence-corrected chi connectivity index (χ0v) is 13.7. The summed E-state index contributed by atoms with van der Waals surface area (Å²) < 4.78 is 51.8. The third-order valence-electron chi connectivity index (χ3n) is 3.92. The minimum absolute atomic E-state index is 0.0359. The van der Waals surface area contributed by atoms with E-state index in [-0.39, 0.29) is 19.0 Å². The smallest absolute Gasteiger partial charge is 0.374 e. The van der Waals surface area contributed by atoms with E-state index in [4.69, 9.17) is 14.2 Å². The monoisotopic (exact) mass is 333 g/mol. The molecule has 1 aromatic rings. The van der Waals surface area contributed by atoms with Crippen LogP contribution in [0.2, 0.25) is 0 Å². The van der Waals surface area contributed by atoms with Gasteiger partial charge in [0, 0.05) is 30.8 Å². The number of hydrogen-bond donors (Lipinski definition) is 0. The molecule has 1 aromatic carbocycles. The van der Waals surface area contributed by atoms with Gasteiger partial charge in [-0.15, -0.1) is 0 Å². The van der Waals surface area contributed by atoms with Crippen LogP contribution in [0.5, 0.6) is 17.2 Å². The molecule has 1 fully saturated rings. The second-order valence-electron chi connectivity index (χ2n) is 5.06. The summed E-state index contributed by atoms with van der Waals surface area (Å²) in [5, 5.41) is 0. The van der Waals surface area contributed by atoms with Crippen molar-refractivity contribution in [3.63, 3.8) is 0 Å². The molecule has 0 radical (unpaired) electrons. The Kier molecular flexibility index (Phi) is 5.12. The zero-order chi connectivity index (χ0) is 16.3. The van der Waals surface area contributed by atoms with E-state index in [0.717, 1.165) is 9.87 Å². The van der Waals surface area contributed by atoms with Gasteiger partial charge in [0.1, 0.15) is 17.2 Å². The summed E-state index contributed by atoms with van der Waals surface area (Å²) in [5.41, 5.74) is 0.863. The Morgan fingerprint density at radius 1 is 1.05 bits per heavy atom. The number of piperidine rings is 1. The summed E-state index contributed by atoms with van der Waals surface area (Å²) in [4.78, 5) is 0. The summed E-state index contributed by atoms with van der Waals surface area (Å²) in [5.74, 6) is 1.89. The van der Waals surface area contributed by atoms with Crippen LogP contribution in [0, 0.1) is 0 Å². The lowest BCUT2D eigenvalue weighted by molar-refractivity contribution is 0.293. The summed E-state index contributed by atoms with van der Waals surface area (Å²) in [6.45, 7) is 0.281. The van der Waals surface area contributed by atoms with Crippen LogP contribution in [0.4, 0.5) is 3.89 Å². The van der Waals surface area contributed by atoms with Crippen LogP contribution >= 0.6 is 0 Å². The standard InChI is InChI=1S/C14H20FNO5S/c1-19-11-8-12(20-2)14(13(9-11)21-3)10-4-6-16(7-5-10)22(15,17)18/h8-10H,4-7H2,1-3H3. The number of rotatable bonds is 5. The van der Waals surface area contributed by atoms with Gasteiger partial charge in [-0.25, -0.2) is 0 Å². The second-order valence-corrected chi connectivity index (χ2v) is 6.40. The normalized spacial score (nSPS) is 17.3. The third kappa shape index (κ3) is 3.44. The van der Waals surface area contributed by atoms with E-state index in [0.29, 0.717) is 30.1 Å². The number of methoxy groups -OCH3 is 3. The van der Waals surface area contributed by atoms with E-state index in [2.05, 4.69) is 0 Å². The van der Waals surface area contributed by atoms with Gasteiger partial charge in [0.15, 0.2) is 0 Å². The van der Waals surface area contributed by atoms with Crippen LogP contribution in [0.3, 0.4) is 0 Å². The molecule has 1 aliphatic rings. The van der Waals surface area contributed by atoms with E-state index in [1.165, 1.54) is 0 Å². The molecule has 1 heterocycles. The van der Waals surface area contributed by atoms with Crippen LogP contribution in [0.15, 0.2) is 12.1 Å². The molecule has 124 valence electrons. The van der Waals surface area contributed by atoms with Crippen LogP contribution in [-0.2, 0) is 10.4 Å². The number of hydrogen-bond acceptors (Lipinski definition) is 5. The molecule has 2 rings (SSSR count). The van der Waals surface area contributed by atoms with Crippen molar-refractivity contribution in [1.82, 2.24) is 4.31 Å². The van der Waals surface area contributed by atoms with Crippen LogP contribution in [0.1, 0.15) is 24.3 Å². The second kappa shape index (κ2) is 6.70. The first-order valence-corrected chi connectivity index (χ1v) is 8.24. The molecule has 0 unspecified atom stereocenters. The Morgan fingerprint density at radius 3 is 1.91 bits per heavy atom. The minimum Gasteiger partial charge on any atom is -0.496 e. The highest BCUT2D eigenvalue weighted by Gasteiger charge is 2.31. The lowest BCUT2D eigenvalue weighted by atomic mass is 9.88. The topological polar surface area (TPSA) is 65.1 Å². The molecule has 0 bridgehead atoms. The zero-order valence-electron chi connectivity index (χ0n) is 12.8. The SMILES string of the molecule is COc1cc(OC)c(C2CCN(S(=O)(=O)F)CC2)c(OC)c1. The number of nitrogens with zero attached hydrogens (tertiary/aromatic N) is 1. The van der Waals surface area contributed by atoms with Crippen molar-refractivity contribution in [3.8, 4) is 17.2 Å². The lowest BCUT2D eigenvalue weighted by Crippen LogP contribution is -2.35. The minimum atomic E-state index is -4.62. The lowest BCUT2D eigenvalue weighted by Gasteiger charge is -2.30.